The fourth-order valence-electron chi connectivity index (χ4n) is 3.24. The molecule has 0 atom stereocenters. The zero-order chi connectivity index (χ0) is 21.7. The van der Waals surface area contributed by atoms with E-state index in [2.05, 4.69) is 10.1 Å². The molecule has 4 rings (SSSR count). The largest absolute Gasteiger partial charge is 0.340 e. The molecule has 0 bridgehead atoms. The van der Waals surface area contributed by atoms with Crippen molar-refractivity contribution in [2.75, 3.05) is 26.2 Å². The lowest BCUT2D eigenvalue weighted by Crippen LogP contribution is -2.50. The Bertz CT molecular complexity index is 1130. The van der Waals surface area contributed by atoms with Gasteiger partial charge in [-0.3, -0.25) is 4.79 Å². The lowest BCUT2D eigenvalue weighted by molar-refractivity contribution is -0.132. The molecule has 3 heterocycles. The molecule has 0 radical (unpaired) electrons. The topological polar surface area (TPSA) is 96.6 Å². The summed E-state index contributed by atoms with van der Waals surface area (Å²) in [5, 5.41) is 9.03. The van der Waals surface area contributed by atoms with Gasteiger partial charge >= 0.3 is 0 Å². The lowest BCUT2D eigenvalue weighted by Gasteiger charge is -2.33. The highest BCUT2D eigenvalue weighted by atomic mass is 32.2. The third kappa shape index (κ3) is 5.46. The maximum Gasteiger partial charge on any atom is 0.236 e. The monoisotopic (exact) mass is 458 g/mol. The second-order valence-electron chi connectivity index (χ2n) is 7.06. The van der Waals surface area contributed by atoms with Crippen LogP contribution in [0.15, 0.2) is 57.1 Å². The molecule has 3 aromatic rings. The zero-order valence-corrected chi connectivity index (χ0v) is 18.4. The molecule has 1 fully saturated rings. The van der Waals surface area contributed by atoms with Gasteiger partial charge in [-0.05, 0) is 23.1 Å². The minimum absolute atomic E-state index is 0.0489. The van der Waals surface area contributed by atoms with Crippen LogP contribution in [0.5, 0.6) is 0 Å². The first kappa shape index (κ1) is 21.4. The Morgan fingerprint density at radius 2 is 1.90 bits per heavy atom. The second-order valence-corrected chi connectivity index (χ2v) is 9.66. The van der Waals surface area contributed by atoms with Crippen molar-refractivity contribution in [3.8, 4) is 11.4 Å². The van der Waals surface area contributed by atoms with Crippen LogP contribution in [-0.2, 0) is 21.2 Å². The van der Waals surface area contributed by atoms with Crippen LogP contribution in [0.4, 0.5) is 0 Å². The number of rotatable bonds is 7. The quantitative estimate of drug-likeness (QED) is 0.540. The van der Waals surface area contributed by atoms with Crippen molar-refractivity contribution in [2.24, 2.45) is 0 Å². The van der Waals surface area contributed by atoms with Crippen LogP contribution in [0.25, 0.3) is 17.5 Å². The summed E-state index contributed by atoms with van der Waals surface area (Å²) in [4.78, 5) is 18.5. The number of carbonyl (C=O) groups is 1. The molecule has 1 amide bonds. The molecular formula is C21H22N4O4S2. The number of piperazine rings is 1. The lowest BCUT2D eigenvalue weighted by atomic mass is 10.2. The van der Waals surface area contributed by atoms with E-state index in [0.717, 1.165) is 11.1 Å². The third-order valence-corrected chi connectivity index (χ3v) is 7.23. The molecular weight excluding hydrogens is 436 g/mol. The van der Waals surface area contributed by atoms with E-state index in [0.29, 0.717) is 31.2 Å². The molecule has 1 aliphatic rings. The molecule has 0 aliphatic carbocycles. The average molecular weight is 459 g/mol. The molecule has 0 saturated carbocycles. The van der Waals surface area contributed by atoms with Crippen molar-refractivity contribution in [1.29, 1.82) is 0 Å². The number of aryl methyl sites for hydroxylation is 1. The van der Waals surface area contributed by atoms with Gasteiger partial charge in [-0.2, -0.15) is 20.6 Å². The average Bonchev–Trinajstić information content (AvgIpc) is 3.49. The predicted octanol–water partition coefficient (Wildman–Crippen LogP) is 2.88. The second kappa shape index (κ2) is 9.54. The van der Waals surface area contributed by atoms with Crippen LogP contribution in [0.3, 0.4) is 0 Å². The van der Waals surface area contributed by atoms with E-state index >= 15 is 0 Å². The first-order valence-corrected chi connectivity index (χ1v) is 12.3. The molecule has 162 valence electrons. The fourth-order valence-corrected chi connectivity index (χ4v) is 5.05. The zero-order valence-electron chi connectivity index (χ0n) is 16.8. The maximum atomic E-state index is 12.6. The molecule has 1 aliphatic heterocycles. The van der Waals surface area contributed by atoms with Gasteiger partial charge in [0, 0.05) is 55.4 Å². The third-order valence-electron chi connectivity index (χ3n) is 4.98. The number of amides is 1. The summed E-state index contributed by atoms with van der Waals surface area (Å²) < 4.78 is 31.7. The predicted molar refractivity (Wildman–Crippen MR) is 118 cm³/mol. The number of hydrogen-bond acceptors (Lipinski definition) is 7. The molecule has 8 nitrogen and oxygen atoms in total. The number of sulfonamides is 1. The summed E-state index contributed by atoms with van der Waals surface area (Å²) in [6.45, 7) is 1.27. The highest BCUT2D eigenvalue weighted by Gasteiger charge is 2.27. The molecule has 10 heteroatoms. The Kier molecular flexibility index (Phi) is 6.59. The Labute approximate surface area is 184 Å². The summed E-state index contributed by atoms with van der Waals surface area (Å²) in [7, 11) is -3.52. The van der Waals surface area contributed by atoms with Crippen molar-refractivity contribution in [1.82, 2.24) is 19.3 Å². The minimum atomic E-state index is -3.52. The highest BCUT2D eigenvalue weighted by Crippen LogP contribution is 2.19. The number of thiophene rings is 1. The molecule has 2 aromatic heterocycles. The van der Waals surface area contributed by atoms with Crippen molar-refractivity contribution in [2.45, 2.75) is 12.8 Å². The van der Waals surface area contributed by atoms with Crippen LogP contribution in [0.2, 0.25) is 0 Å². The van der Waals surface area contributed by atoms with Crippen molar-refractivity contribution in [3.63, 3.8) is 0 Å². The van der Waals surface area contributed by atoms with Gasteiger partial charge in [-0.25, -0.2) is 8.42 Å². The van der Waals surface area contributed by atoms with Crippen LogP contribution in [-0.4, -0.2) is 59.8 Å². The molecule has 0 spiro atoms. The fraction of sp³-hybridized carbons (Fsp3) is 0.286. The van der Waals surface area contributed by atoms with Crippen LogP contribution in [0, 0.1) is 0 Å². The van der Waals surface area contributed by atoms with Gasteiger partial charge in [0.05, 0.1) is 0 Å². The van der Waals surface area contributed by atoms with E-state index in [9.17, 15) is 13.2 Å². The van der Waals surface area contributed by atoms with Gasteiger partial charge in [0.25, 0.3) is 0 Å². The van der Waals surface area contributed by atoms with Gasteiger partial charge in [0.1, 0.15) is 0 Å². The van der Waals surface area contributed by atoms with Gasteiger partial charge in [0.2, 0.25) is 27.6 Å². The van der Waals surface area contributed by atoms with E-state index in [1.54, 1.807) is 22.3 Å². The molecule has 31 heavy (non-hydrogen) atoms. The highest BCUT2D eigenvalue weighted by molar-refractivity contribution is 7.92. The molecule has 1 aromatic carbocycles. The number of benzene rings is 1. The Morgan fingerprint density at radius 3 is 2.61 bits per heavy atom. The van der Waals surface area contributed by atoms with E-state index in [1.807, 2.05) is 47.2 Å². The Morgan fingerprint density at radius 1 is 1.13 bits per heavy atom. The van der Waals surface area contributed by atoms with E-state index < -0.39 is 10.0 Å². The van der Waals surface area contributed by atoms with Crippen LogP contribution < -0.4 is 0 Å². The number of hydrogen-bond donors (Lipinski definition) is 0. The standard InChI is InChI=1S/C21H22N4O4S2/c26-20(7-6-19-22-21(23-29-19)18-8-14-30-16-18)24-10-12-25(13-11-24)31(27,28)15-9-17-4-2-1-3-5-17/h1-5,8-9,14-16H,6-7,10-13H2. The molecule has 0 N–H and O–H groups in total. The summed E-state index contributed by atoms with van der Waals surface area (Å²) in [6.07, 6.45) is 2.18. The van der Waals surface area contributed by atoms with E-state index in [-0.39, 0.29) is 25.4 Å². The number of aromatic nitrogens is 2. The van der Waals surface area contributed by atoms with Crippen LogP contribution >= 0.6 is 11.3 Å². The van der Waals surface area contributed by atoms with Crippen molar-refractivity contribution in [3.05, 3.63) is 64.0 Å². The van der Waals surface area contributed by atoms with Crippen molar-refractivity contribution < 1.29 is 17.7 Å². The normalized spacial score (nSPS) is 15.5. The summed E-state index contributed by atoms with van der Waals surface area (Å²) in [6, 6.07) is 11.2. The number of nitrogens with zero attached hydrogens (tertiary/aromatic N) is 4. The smallest absolute Gasteiger partial charge is 0.236 e. The Balaban J connectivity index is 1.26. The maximum absolute atomic E-state index is 12.6. The molecule has 0 unspecified atom stereocenters. The Hall–Kier alpha value is -2.82. The summed E-state index contributed by atoms with van der Waals surface area (Å²) in [5.74, 6) is 0.889. The summed E-state index contributed by atoms with van der Waals surface area (Å²) >= 11 is 1.55. The van der Waals surface area contributed by atoms with Crippen molar-refractivity contribution >= 4 is 33.3 Å². The molecule has 1 saturated heterocycles. The van der Waals surface area contributed by atoms with Gasteiger partial charge < -0.3 is 9.42 Å². The van der Waals surface area contributed by atoms with E-state index in [4.69, 9.17) is 4.52 Å². The minimum Gasteiger partial charge on any atom is -0.340 e. The van der Waals surface area contributed by atoms with E-state index in [1.165, 1.54) is 9.71 Å². The number of carbonyl (C=O) groups excluding carboxylic acids is 1. The van der Waals surface area contributed by atoms with Gasteiger partial charge in [-0.15, -0.1) is 0 Å². The first-order valence-electron chi connectivity index (χ1n) is 9.87. The van der Waals surface area contributed by atoms with Gasteiger partial charge in [-0.1, -0.05) is 35.5 Å². The van der Waals surface area contributed by atoms with Gasteiger partial charge in [0.15, 0.2) is 0 Å². The SMILES string of the molecule is O=C(CCc1nc(-c2ccsc2)no1)N1CCN(S(=O)(=O)C=Cc2ccccc2)CC1. The summed E-state index contributed by atoms with van der Waals surface area (Å²) in [5.41, 5.74) is 1.72. The first-order chi connectivity index (χ1) is 15.0. The van der Waals surface area contributed by atoms with Crippen LogP contribution in [0.1, 0.15) is 17.9 Å².